The molecule has 3 nitrogen and oxygen atoms in total. The number of carbonyl (C=O) groups is 1. The van der Waals surface area contributed by atoms with Gasteiger partial charge in [-0.25, -0.2) is 4.79 Å². The molecule has 0 aliphatic carbocycles. The van der Waals surface area contributed by atoms with Crippen LogP contribution in [0.1, 0.15) is 50.6 Å². The Balaban J connectivity index is 1.90. The summed E-state index contributed by atoms with van der Waals surface area (Å²) in [5.41, 5.74) is 1.12. The molecule has 0 saturated carbocycles. The number of nitrogens with zero attached hydrogens (tertiary/aromatic N) is 1. The van der Waals surface area contributed by atoms with E-state index in [0.717, 1.165) is 12.0 Å². The van der Waals surface area contributed by atoms with Crippen molar-refractivity contribution in [3.05, 3.63) is 48.2 Å². The fraction of sp³-hybridized carbons (Fsp3) is 0.471. The minimum absolute atomic E-state index is 0.00981. The summed E-state index contributed by atoms with van der Waals surface area (Å²) >= 11 is 0. The van der Waals surface area contributed by atoms with E-state index in [0.29, 0.717) is 6.61 Å². The number of amides is 1. The number of carbonyl (C=O) groups excluding carboxylic acids is 1. The van der Waals surface area contributed by atoms with Gasteiger partial charge in [0, 0.05) is 6.20 Å². The molecule has 1 heterocycles. The average Bonchev–Trinajstić information content (AvgIpc) is 2.85. The van der Waals surface area contributed by atoms with Gasteiger partial charge in [-0.3, -0.25) is 4.90 Å². The van der Waals surface area contributed by atoms with Gasteiger partial charge in [0.15, 0.2) is 0 Å². The molecule has 108 valence electrons. The first-order valence-electron chi connectivity index (χ1n) is 7.49. The third kappa shape index (κ3) is 3.86. The summed E-state index contributed by atoms with van der Waals surface area (Å²) in [6, 6.07) is 10.0. The predicted octanol–water partition coefficient (Wildman–Crippen LogP) is 4.66. The van der Waals surface area contributed by atoms with Crippen molar-refractivity contribution < 1.29 is 9.53 Å². The quantitative estimate of drug-likeness (QED) is 0.676. The fourth-order valence-corrected chi connectivity index (χ4v) is 2.41. The van der Waals surface area contributed by atoms with Crippen molar-refractivity contribution in [2.45, 2.75) is 45.1 Å². The molecule has 1 aromatic rings. The number of unbranched alkanes of at least 4 members (excludes halogenated alkanes) is 4. The maximum Gasteiger partial charge on any atom is 0.414 e. The maximum atomic E-state index is 11.8. The highest BCUT2D eigenvalue weighted by Gasteiger charge is 2.32. The minimum Gasteiger partial charge on any atom is -0.447 e. The third-order valence-electron chi connectivity index (χ3n) is 3.59. The van der Waals surface area contributed by atoms with E-state index in [-0.39, 0.29) is 12.1 Å². The highest BCUT2D eigenvalue weighted by atomic mass is 16.6. The van der Waals surface area contributed by atoms with Crippen LogP contribution in [-0.2, 0) is 4.74 Å². The Morgan fingerprint density at radius 2 is 2.05 bits per heavy atom. The van der Waals surface area contributed by atoms with Crippen LogP contribution in [0, 0.1) is 0 Å². The number of hydrogen-bond donors (Lipinski definition) is 0. The van der Waals surface area contributed by atoms with Crippen LogP contribution in [0.5, 0.6) is 0 Å². The van der Waals surface area contributed by atoms with Gasteiger partial charge in [0.1, 0.15) is 6.61 Å². The van der Waals surface area contributed by atoms with Crippen molar-refractivity contribution in [2.24, 2.45) is 0 Å². The molecule has 0 N–H and O–H groups in total. The summed E-state index contributed by atoms with van der Waals surface area (Å²) in [6.07, 6.45) is 9.72. The monoisotopic (exact) mass is 273 g/mol. The lowest BCUT2D eigenvalue weighted by Crippen LogP contribution is -2.21. The van der Waals surface area contributed by atoms with Crippen molar-refractivity contribution >= 4 is 6.09 Å². The number of benzene rings is 1. The van der Waals surface area contributed by atoms with Crippen molar-refractivity contribution in [3.8, 4) is 0 Å². The topological polar surface area (TPSA) is 29.5 Å². The third-order valence-corrected chi connectivity index (χ3v) is 3.59. The lowest BCUT2D eigenvalue weighted by Gasteiger charge is -2.17. The smallest absolute Gasteiger partial charge is 0.414 e. The van der Waals surface area contributed by atoms with Gasteiger partial charge in [0.05, 0.1) is 6.04 Å². The molecule has 1 saturated heterocycles. The first kappa shape index (κ1) is 14.6. The maximum absolute atomic E-state index is 11.8. The Hall–Kier alpha value is -1.77. The van der Waals surface area contributed by atoms with Crippen LogP contribution in [0.15, 0.2) is 42.6 Å². The van der Waals surface area contributed by atoms with Crippen LogP contribution in [0.2, 0.25) is 0 Å². The molecule has 0 bridgehead atoms. The first-order chi connectivity index (χ1) is 9.83. The normalized spacial score (nSPS) is 18.8. The lowest BCUT2D eigenvalue weighted by molar-refractivity contribution is 0.166. The molecule has 0 radical (unpaired) electrons. The van der Waals surface area contributed by atoms with Crippen LogP contribution >= 0.6 is 0 Å². The van der Waals surface area contributed by atoms with E-state index >= 15 is 0 Å². The Bertz CT molecular complexity index is 442. The van der Waals surface area contributed by atoms with Gasteiger partial charge in [0.25, 0.3) is 0 Å². The van der Waals surface area contributed by atoms with E-state index in [9.17, 15) is 4.79 Å². The minimum atomic E-state index is -0.247. The number of hydrogen-bond acceptors (Lipinski definition) is 2. The molecule has 20 heavy (non-hydrogen) atoms. The zero-order chi connectivity index (χ0) is 14.2. The second-order valence-electron chi connectivity index (χ2n) is 5.14. The highest BCUT2D eigenvalue weighted by Crippen LogP contribution is 2.27. The van der Waals surface area contributed by atoms with Crippen molar-refractivity contribution in [1.82, 2.24) is 4.90 Å². The molecular weight excluding hydrogens is 250 g/mol. The lowest BCUT2D eigenvalue weighted by atomic mass is 10.1. The van der Waals surface area contributed by atoms with E-state index < -0.39 is 0 Å². The van der Waals surface area contributed by atoms with E-state index in [1.165, 1.54) is 25.7 Å². The molecule has 1 fully saturated rings. The highest BCUT2D eigenvalue weighted by molar-refractivity contribution is 5.71. The predicted molar refractivity (Wildman–Crippen MR) is 80.3 cm³/mol. The largest absolute Gasteiger partial charge is 0.447 e. The molecule has 3 heteroatoms. The summed E-state index contributed by atoms with van der Waals surface area (Å²) < 4.78 is 5.16. The number of rotatable bonds is 7. The molecular formula is C17H23NO2. The van der Waals surface area contributed by atoms with E-state index in [2.05, 4.69) is 13.0 Å². The van der Waals surface area contributed by atoms with Crippen LogP contribution < -0.4 is 0 Å². The van der Waals surface area contributed by atoms with E-state index in [1.54, 1.807) is 4.90 Å². The second kappa shape index (κ2) is 7.73. The van der Waals surface area contributed by atoms with Gasteiger partial charge in [-0.2, -0.15) is 0 Å². The van der Waals surface area contributed by atoms with Crippen LogP contribution in [0.25, 0.3) is 0 Å². The number of cyclic esters (lactones) is 1. The summed E-state index contributed by atoms with van der Waals surface area (Å²) in [4.78, 5) is 13.5. The van der Waals surface area contributed by atoms with Gasteiger partial charge in [-0.1, -0.05) is 62.6 Å². The number of allylic oxidation sites excluding steroid dienone is 1. The van der Waals surface area contributed by atoms with E-state index in [4.69, 9.17) is 4.74 Å². The van der Waals surface area contributed by atoms with Crippen LogP contribution in [-0.4, -0.2) is 17.6 Å². The molecule has 0 unspecified atom stereocenters. The summed E-state index contributed by atoms with van der Waals surface area (Å²) in [5, 5.41) is 0. The molecule has 0 spiro atoms. The van der Waals surface area contributed by atoms with Gasteiger partial charge in [0.2, 0.25) is 0 Å². The molecule has 2 rings (SSSR count). The second-order valence-corrected chi connectivity index (χ2v) is 5.14. The summed E-state index contributed by atoms with van der Waals surface area (Å²) in [6.45, 7) is 2.64. The number of ether oxygens (including phenoxy) is 1. The van der Waals surface area contributed by atoms with Gasteiger partial charge < -0.3 is 4.74 Å². The zero-order valence-corrected chi connectivity index (χ0v) is 12.1. The molecule has 1 aliphatic heterocycles. The Labute approximate surface area is 121 Å². The van der Waals surface area contributed by atoms with Gasteiger partial charge >= 0.3 is 6.09 Å². The van der Waals surface area contributed by atoms with Crippen LogP contribution in [0.4, 0.5) is 4.79 Å². The standard InChI is InChI=1S/C17H23NO2/c1-2-3-4-5-6-10-13-18-16(14-20-17(18)19)15-11-8-7-9-12-15/h7-13,16H,2-6,14H2,1H3/b13-10-/t16-/m0/s1. The Kier molecular flexibility index (Phi) is 5.66. The van der Waals surface area contributed by atoms with Gasteiger partial charge in [-0.05, 0) is 18.4 Å². The Morgan fingerprint density at radius 3 is 2.80 bits per heavy atom. The summed E-state index contributed by atoms with van der Waals surface area (Å²) in [5.74, 6) is 0. The molecule has 1 aromatic carbocycles. The SMILES string of the molecule is CCCCCC/C=C\N1C(=O)OC[C@H]1c1ccccc1. The Morgan fingerprint density at radius 1 is 1.25 bits per heavy atom. The fourth-order valence-electron chi connectivity index (χ4n) is 2.41. The molecule has 1 atom stereocenters. The molecule has 1 amide bonds. The van der Waals surface area contributed by atoms with Crippen LogP contribution in [0.3, 0.4) is 0 Å². The summed E-state index contributed by atoms with van der Waals surface area (Å²) in [7, 11) is 0. The van der Waals surface area contributed by atoms with Crippen molar-refractivity contribution in [1.29, 1.82) is 0 Å². The van der Waals surface area contributed by atoms with Crippen molar-refractivity contribution in [2.75, 3.05) is 6.61 Å². The average molecular weight is 273 g/mol. The van der Waals surface area contributed by atoms with Gasteiger partial charge in [-0.15, -0.1) is 0 Å². The zero-order valence-electron chi connectivity index (χ0n) is 12.1. The molecule has 0 aromatic heterocycles. The first-order valence-corrected chi connectivity index (χ1v) is 7.49. The van der Waals surface area contributed by atoms with E-state index in [1.807, 2.05) is 36.5 Å². The molecule has 1 aliphatic rings. The van der Waals surface area contributed by atoms with Crippen molar-refractivity contribution in [3.63, 3.8) is 0 Å².